The molecule has 8 heteroatoms. The van der Waals surface area contributed by atoms with Crippen LogP contribution in [0.25, 0.3) is 0 Å². The Bertz CT molecular complexity index is 907. The highest BCUT2D eigenvalue weighted by Crippen LogP contribution is 2.43. The predicted molar refractivity (Wildman–Crippen MR) is 111 cm³/mol. The van der Waals surface area contributed by atoms with Crippen molar-refractivity contribution in [2.24, 2.45) is 29.6 Å². The van der Waals surface area contributed by atoms with Crippen molar-refractivity contribution in [3.05, 3.63) is 48.0 Å². The topological polar surface area (TPSA) is 57.7 Å². The van der Waals surface area contributed by atoms with Crippen molar-refractivity contribution >= 4 is 17.7 Å². The number of hydrogen-bond acceptors (Lipinski definition) is 3. The summed E-state index contributed by atoms with van der Waals surface area (Å²) in [5.74, 6) is -4.71. The van der Waals surface area contributed by atoms with Crippen molar-refractivity contribution in [1.82, 2.24) is 9.80 Å². The van der Waals surface area contributed by atoms with Gasteiger partial charge in [0.1, 0.15) is 6.54 Å². The van der Waals surface area contributed by atoms with E-state index in [-0.39, 0.29) is 16.7 Å². The maximum Gasteiger partial charge on any atom is 0.406 e. The zero-order valence-electron chi connectivity index (χ0n) is 17.9. The lowest BCUT2D eigenvalue weighted by Crippen LogP contribution is -2.48. The number of imide groups is 1. The number of amides is 3. The number of benzene rings is 1. The van der Waals surface area contributed by atoms with E-state index in [1.165, 1.54) is 11.6 Å². The average molecular weight is 448 g/mol. The summed E-state index contributed by atoms with van der Waals surface area (Å²) in [6.45, 7) is 1.28. The first-order chi connectivity index (χ1) is 15.2. The van der Waals surface area contributed by atoms with Crippen LogP contribution in [0.4, 0.5) is 13.2 Å². The number of nitrogens with zero attached hydrogens (tertiary/aromatic N) is 2. The van der Waals surface area contributed by atoms with Crippen LogP contribution in [-0.4, -0.2) is 53.3 Å². The quantitative estimate of drug-likeness (QED) is 0.524. The molecule has 0 saturated carbocycles. The standard InChI is InChI=1S/C24H27F3N2O3/c1-15-7-8-18-20(23(32)29(21(18)30)14-24(25,26)27)19(15)22(31)28-11-9-17(10-12-28)13-16-5-3-2-4-6-16/h2-8,15,17-20H,9-14H2,1H3/t15-,18+,19+,20+/m1/s1. The van der Waals surface area contributed by atoms with Crippen LogP contribution in [0.1, 0.15) is 25.3 Å². The van der Waals surface area contributed by atoms with Gasteiger partial charge in [-0.25, -0.2) is 0 Å². The summed E-state index contributed by atoms with van der Waals surface area (Å²) >= 11 is 0. The molecule has 1 aromatic carbocycles. The molecule has 0 unspecified atom stereocenters. The highest BCUT2D eigenvalue weighted by Gasteiger charge is 2.56. The monoisotopic (exact) mass is 448 g/mol. The van der Waals surface area contributed by atoms with E-state index in [9.17, 15) is 27.6 Å². The second-order valence-electron chi connectivity index (χ2n) is 9.16. The summed E-state index contributed by atoms with van der Waals surface area (Å²) in [6.07, 6.45) is 1.12. The second kappa shape index (κ2) is 8.71. The van der Waals surface area contributed by atoms with E-state index in [2.05, 4.69) is 12.1 Å². The highest BCUT2D eigenvalue weighted by molar-refractivity contribution is 6.08. The SMILES string of the molecule is C[C@@H]1C=C[C@@H]2C(=O)N(CC(F)(F)F)C(=O)[C@@H]2[C@H]1C(=O)N1CCC(Cc2ccccc2)CC1. The third-order valence-electron chi connectivity index (χ3n) is 6.98. The molecule has 0 spiro atoms. The van der Waals surface area contributed by atoms with E-state index in [4.69, 9.17) is 0 Å². The zero-order chi connectivity index (χ0) is 23.0. The molecule has 0 N–H and O–H groups in total. The van der Waals surface area contributed by atoms with Gasteiger partial charge in [-0.3, -0.25) is 19.3 Å². The first-order valence-corrected chi connectivity index (χ1v) is 11.1. The molecule has 3 amide bonds. The summed E-state index contributed by atoms with van der Waals surface area (Å²) in [7, 11) is 0. The number of alkyl halides is 3. The molecule has 2 fully saturated rings. The molecular weight excluding hydrogens is 421 g/mol. The summed E-state index contributed by atoms with van der Waals surface area (Å²) in [5, 5.41) is 0. The fourth-order valence-corrected chi connectivity index (χ4v) is 5.33. The zero-order valence-corrected chi connectivity index (χ0v) is 17.9. The molecule has 1 aliphatic carbocycles. The van der Waals surface area contributed by atoms with Crippen molar-refractivity contribution in [2.45, 2.75) is 32.4 Å². The maximum absolute atomic E-state index is 13.4. The van der Waals surface area contributed by atoms with Gasteiger partial charge in [-0.2, -0.15) is 13.2 Å². The van der Waals surface area contributed by atoms with E-state index in [1.54, 1.807) is 17.9 Å². The van der Waals surface area contributed by atoms with Gasteiger partial charge >= 0.3 is 6.18 Å². The first-order valence-electron chi connectivity index (χ1n) is 11.1. The summed E-state index contributed by atoms with van der Waals surface area (Å²) in [6, 6.07) is 10.2. The molecule has 4 rings (SSSR count). The molecule has 172 valence electrons. The number of halogens is 3. The number of piperidine rings is 1. The van der Waals surface area contributed by atoms with Crippen molar-refractivity contribution < 1.29 is 27.6 Å². The van der Waals surface area contributed by atoms with Crippen LogP contribution < -0.4 is 0 Å². The number of likely N-dealkylation sites (tertiary alicyclic amines) is 2. The van der Waals surface area contributed by atoms with Crippen LogP contribution in [0, 0.1) is 29.6 Å². The van der Waals surface area contributed by atoms with Crippen LogP contribution in [-0.2, 0) is 20.8 Å². The van der Waals surface area contributed by atoms with Gasteiger partial charge in [0.05, 0.1) is 17.8 Å². The molecule has 0 bridgehead atoms. The summed E-state index contributed by atoms with van der Waals surface area (Å²) in [4.78, 5) is 40.8. The Kier molecular flexibility index (Phi) is 6.14. The van der Waals surface area contributed by atoms with Gasteiger partial charge in [-0.05, 0) is 36.7 Å². The van der Waals surface area contributed by atoms with Crippen molar-refractivity contribution in [1.29, 1.82) is 0 Å². The minimum absolute atomic E-state index is 0.231. The lowest BCUT2D eigenvalue weighted by atomic mass is 9.71. The van der Waals surface area contributed by atoms with Gasteiger partial charge < -0.3 is 4.90 Å². The van der Waals surface area contributed by atoms with Crippen molar-refractivity contribution in [2.75, 3.05) is 19.6 Å². The van der Waals surface area contributed by atoms with Gasteiger partial charge in [-0.15, -0.1) is 0 Å². The number of allylic oxidation sites excluding steroid dienone is 1. The van der Waals surface area contributed by atoms with E-state index < -0.39 is 42.3 Å². The molecule has 32 heavy (non-hydrogen) atoms. The Labute approximate surface area is 185 Å². The number of carbonyl (C=O) groups is 3. The largest absolute Gasteiger partial charge is 0.406 e. The molecule has 5 nitrogen and oxygen atoms in total. The molecular formula is C24H27F3N2O3. The first kappa shape index (κ1) is 22.6. The van der Waals surface area contributed by atoms with Gasteiger partial charge in [0.25, 0.3) is 0 Å². The molecule has 2 heterocycles. The smallest absolute Gasteiger partial charge is 0.342 e. The minimum atomic E-state index is -4.67. The summed E-state index contributed by atoms with van der Waals surface area (Å²) < 4.78 is 38.7. The minimum Gasteiger partial charge on any atom is -0.342 e. The van der Waals surface area contributed by atoms with Crippen LogP contribution >= 0.6 is 0 Å². The van der Waals surface area contributed by atoms with Gasteiger partial charge in [-0.1, -0.05) is 49.4 Å². The van der Waals surface area contributed by atoms with Gasteiger partial charge in [0.2, 0.25) is 17.7 Å². The lowest BCUT2D eigenvalue weighted by molar-refractivity contribution is -0.167. The molecule has 0 aromatic heterocycles. The molecule has 2 aliphatic heterocycles. The van der Waals surface area contributed by atoms with E-state index >= 15 is 0 Å². The van der Waals surface area contributed by atoms with Crippen LogP contribution in [0.2, 0.25) is 0 Å². The molecule has 4 atom stereocenters. The highest BCUT2D eigenvalue weighted by atomic mass is 19.4. The van der Waals surface area contributed by atoms with E-state index in [1.807, 2.05) is 18.2 Å². The van der Waals surface area contributed by atoms with Gasteiger partial charge in [0, 0.05) is 13.1 Å². The van der Waals surface area contributed by atoms with Crippen LogP contribution in [0.15, 0.2) is 42.5 Å². The Morgan fingerprint density at radius 2 is 1.69 bits per heavy atom. The molecule has 2 saturated heterocycles. The Balaban J connectivity index is 1.44. The van der Waals surface area contributed by atoms with Crippen LogP contribution in [0.3, 0.4) is 0 Å². The third-order valence-corrected chi connectivity index (χ3v) is 6.98. The lowest BCUT2D eigenvalue weighted by Gasteiger charge is -2.38. The summed E-state index contributed by atoms with van der Waals surface area (Å²) in [5.41, 5.74) is 1.26. The Morgan fingerprint density at radius 1 is 1.03 bits per heavy atom. The fourth-order valence-electron chi connectivity index (χ4n) is 5.33. The van der Waals surface area contributed by atoms with E-state index in [0.717, 1.165) is 19.3 Å². The number of carbonyl (C=O) groups excluding carboxylic acids is 3. The van der Waals surface area contributed by atoms with Crippen molar-refractivity contribution in [3.8, 4) is 0 Å². The Morgan fingerprint density at radius 3 is 2.31 bits per heavy atom. The third kappa shape index (κ3) is 4.45. The van der Waals surface area contributed by atoms with Crippen molar-refractivity contribution in [3.63, 3.8) is 0 Å². The molecule has 1 aromatic rings. The number of hydrogen-bond donors (Lipinski definition) is 0. The van der Waals surface area contributed by atoms with E-state index in [0.29, 0.717) is 19.0 Å². The predicted octanol–water partition coefficient (Wildman–Crippen LogP) is 3.45. The number of fused-ring (bicyclic) bond motifs is 1. The molecule has 0 radical (unpaired) electrons. The second-order valence-corrected chi connectivity index (χ2v) is 9.16. The fraction of sp³-hybridized carbons (Fsp3) is 0.542. The Hall–Kier alpha value is -2.64. The maximum atomic E-state index is 13.4. The van der Waals surface area contributed by atoms with Crippen LogP contribution in [0.5, 0.6) is 0 Å². The van der Waals surface area contributed by atoms with Gasteiger partial charge in [0.15, 0.2) is 0 Å². The average Bonchev–Trinajstić information content (AvgIpc) is 2.98. The normalized spacial score (nSPS) is 28.9. The number of rotatable bonds is 4. The molecule has 3 aliphatic rings.